The molecule has 96 valence electrons. The second kappa shape index (κ2) is 4.95. The van der Waals surface area contributed by atoms with Crippen LogP contribution in [0.2, 0.25) is 0 Å². The third kappa shape index (κ3) is 2.22. The molecular weight excluding hydrogens is 234 g/mol. The summed E-state index contributed by atoms with van der Waals surface area (Å²) in [6.45, 7) is 1.96. The van der Waals surface area contributed by atoms with Crippen LogP contribution in [0.15, 0.2) is 29.4 Å². The van der Waals surface area contributed by atoms with E-state index in [1.807, 2.05) is 24.3 Å². The summed E-state index contributed by atoms with van der Waals surface area (Å²) in [5.74, 6) is 0.152. The third-order valence-corrected chi connectivity index (χ3v) is 2.93. The predicted molar refractivity (Wildman–Crippen MR) is 65.7 cm³/mol. The van der Waals surface area contributed by atoms with Gasteiger partial charge in [-0.3, -0.25) is 4.79 Å². The van der Waals surface area contributed by atoms with Crippen molar-refractivity contribution in [3.63, 3.8) is 0 Å². The highest BCUT2D eigenvalue weighted by Gasteiger charge is 2.30. The summed E-state index contributed by atoms with van der Waals surface area (Å²) in [7, 11) is 0. The minimum atomic E-state index is -0.518. The molecule has 1 aliphatic rings. The number of rotatable bonds is 3. The van der Waals surface area contributed by atoms with Gasteiger partial charge in [0.2, 0.25) is 5.91 Å². The summed E-state index contributed by atoms with van der Waals surface area (Å²) < 4.78 is 5.43. The van der Waals surface area contributed by atoms with E-state index in [4.69, 9.17) is 15.7 Å². The van der Waals surface area contributed by atoms with Crippen molar-refractivity contribution in [2.24, 2.45) is 10.9 Å². The maximum absolute atomic E-state index is 12.1. The molecule has 2 atom stereocenters. The Morgan fingerprint density at radius 2 is 2.33 bits per heavy atom. The Morgan fingerprint density at radius 3 is 3.06 bits per heavy atom. The molecule has 2 rings (SSSR count). The molecule has 0 spiro atoms. The zero-order valence-corrected chi connectivity index (χ0v) is 9.96. The molecule has 0 bridgehead atoms. The van der Waals surface area contributed by atoms with Crippen LogP contribution in [0.3, 0.4) is 0 Å². The second-order valence-corrected chi connectivity index (χ2v) is 4.16. The molecular formula is C12H15N3O3. The molecule has 1 aliphatic heterocycles. The number of fused-ring (bicyclic) bond motifs is 1. The number of benzene rings is 1. The fraction of sp³-hybridized carbons (Fsp3) is 0.333. The first-order valence-electron chi connectivity index (χ1n) is 5.63. The first kappa shape index (κ1) is 12.2. The number of nitrogens with two attached hydrogens (primary N) is 1. The van der Waals surface area contributed by atoms with E-state index in [1.165, 1.54) is 0 Å². The summed E-state index contributed by atoms with van der Waals surface area (Å²) in [5.41, 5.74) is 6.27. The van der Waals surface area contributed by atoms with Crippen LogP contribution in [0.25, 0.3) is 0 Å². The summed E-state index contributed by atoms with van der Waals surface area (Å²) >= 11 is 0. The number of carbonyl (C=O) groups is 1. The van der Waals surface area contributed by atoms with Crippen molar-refractivity contribution in [2.75, 3.05) is 6.61 Å². The van der Waals surface area contributed by atoms with Crippen LogP contribution in [-0.2, 0) is 4.79 Å². The minimum Gasteiger partial charge on any atom is -0.492 e. The van der Waals surface area contributed by atoms with Crippen LogP contribution < -0.4 is 15.8 Å². The van der Waals surface area contributed by atoms with Gasteiger partial charge in [0.15, 0.2) is 5.84 Å². The Balaban J connectivity index is 2.08. The van der Waals surface area contributed by atoms with Gasteiger partial charge in [-0.15, -0.1) is 0 Å². The summed E-state index contributed by atoms with van der Waals surface area (Å²) in [5, 5.41) is 14.1. The van der Waals surface area contributed by atoms with Gasteiger partial charge in [-0.1, -0.05) is 23.4 Å². The number of hydrogen-bond acceptors (Lipinski definition) is 4. The van der Waals surface area contributed by atoms with Crippen LogP contribution in [-0.4, -0.2) is 29.6 Å². The zero-order chi connectivity index (χ0) is 13.1. The molecule has 0 aromatic heterocycles. The number of amidine groups is 1. The van der Waals surface area contributed by atoms with Gasteiger partial charge in [-0.05, 0) is 13.0 Å². The average molecular weight is 249 g/mol. The number of nitrogens with zero attached hydrogens (tertiary/aromatic N) is 1. The number of ether oxygens (including phenoxy) is 1. The van der Waals surface area contributed by atoms with Crippen LogP contribution in [0.1, 0.15) is 18.4 Å². The summed E-state index contributed by atoms with van der Waals surface area (Å²) in [6.07, 6.45) is 0. The fourth-order valence-corrected chi connectivity index (χ4v) is 1.85. The van der Waals surface area contributed by atoms with Crippen LogP contribution in [0.4, 0.5) is 0 Å². The normalized spacial score (nSPS) is 19.8. The van der Waals surface area contributed by atoms with Crippen molar-refractivity contribution >= 4 is 11.7 Å². The maximum Gasteiger partial charge on any atom is 0.231 e. The zero-order valence-electron chi connectivity index (χ0n) is 9.96. The molecule has 0 saturated heterocycles. The molecule has 4 N–H and O–H groups in total. The van der Waals surface area contributed by atoms with E-state index in [1.54, 1.807) is 6.92 Å². The van der Waals surface area contributed by atoms with Crippen molar-refractivity contribution in [3.05, 3.63) is 29.8 Å². The van der Waals surface area contributed by atoms with Crippen LogP contribution in [0.5, 0.6) is 5.75 Å². The van der Waals surface area contributed by atoms with Crippen molar-refractivity contribution < 1.29 is 14.7 Å². The lowest BCUT2D eigenvalue weighted by atomic mass is 10.0. The van der Waals surface area contributed by atoms with Gasteiger partial charge < -0.3 is 21.0 Å². The van der Waals surface area contributed by atoms with Gasteiger partial charge in [0.25, 0.3) is 0 Å². The van der Waals surface area contributed by atoms with Gasteiger partial charge in [0.05, 0.1) is 6.04 Å². The number of para-hydroxylation sites is 1. The minimum absolute atomic E-state index is 0.0319. The van der Waals surface area contributed by atoms with Crippen LogP contribution >= 0.6 is 0 Å². The highest BCUT2D eigenvalue weighted by Crippen LogP contribution is 2.33. The molecule has 0 saturated carbocycles. The number of nitrogens with one attached hydrogen (secondary N) is 1. The number of hydrogen-bond donors (Lipinski definition) is 3. The molecule has 0 fully saturated rings. The lowest BCUT2D eigenvalue weighted by Gasteiger charge is -2.15. The van der Waals surface area contributed by atoms with Crippen molar-refractivity contribution in [1.82, 2.24) is 5.32 Å². The lowest BCUT2D eigenvalue weighted by molar-refractivity contribution is -0.123. The number of amides is 1. The first-order chi connectivity index (χ1) is 8.63. The van der Waals surface area contributed by atoms with Gasteiger partial charge in [-0.2, -0.15) is 0 Å². The molecule has 1 heterocycles. The smallest absolute Gasteiger partial charge is 0.231 e. The lowest BCUT2D eigenvalue weighted by Crippen LogP contribution is -2.44. The maximum atomic E-state index is 12.1. The molecule has 0 radical (unpaired) electrons. The Morgan fingerprint density at radius 1 is 1.61 bits per heavy atom. The van der Waals surface area contributed by atoms with Crippen molar-refractivity contribution in [2.45, 2.75) is 18.9 Å². The standard InChI is InChI=1S/C12H15N3O3/c1-7(11(13)15-17)14-12(16)9-6-18-10-5-3-2-4-8(9)10/h2-5,7,9,17H,6H2,1H3,(H2,13,15)(H,14,16). The third-order valence-electron chi connectivity index (χ3n) is 2.93. The van der Waals surface area contributed by atoms with Gasteiger partial charge >= 0.3 is 0 Å². The molecule has 1 amide bonds. The predicted octanol–water partition coefficient (Wildman–Crippen LogP) is 0.414. The summed E-state index contributed by atoms with van der Waals surface area (Å²) in [6, 6.07) is 6.89. The van der Waals surface area contributed by atoms with E-state index in [9.17, 15) is 4.79 Å². The van der Waals surface area contributed by atoms with E-state index < -0.39 is 6.04 Å². The highest BCUT2D eigenvalue weighted by molar-refractivity contribution is 5.92. The van der Waals surface area contributed by atoms with Crippen molar-refractivity contribution in [3.8, 4) is 5.75 Å². The molecule has 2 unspecified atom stereocenters. The average Bonchev–Trinajstić information content (AvgIpc) is 2.81. The van der Waals surface area contributed by atoms with E-state index in [-0.39, 0.29) is 17.7 Å². The molecule has 1 aromatic rings. The van der Waals surface area contributed by atoms with E-state index >= 15 is 0 Å². The second-order valence-electron chi connectivity index (χ2n) is 4.16. The van der Waals surface area contributed by atoms with Crippen molar-refractivity contribution in [1.29, 1.82) is 0 Å². The van der Waals surface area contributed by atoms with E-state index in [0.717, 1.165) is 11.3 Å². The monoisotopic (exact) mass is 249 g/mol. The Kier molecular flexibility index (Phi) is 3.36. The van der Waals surface area contributed by atoms with Crippen LogP contribution in [0, 0.1) is 0 Å². The molecule has 1 aromatic carbocycles. The van der Waals surface area contributed by atoms with Gasteiger partial charge in [-0.25, -0.2) is 0 Å². The van der Waals surface area contributed by atoms with Gasteiger partial charge in [0.1, 0.15) is 18.3 Å². The summed E-state index contributed by atoms with van der Waals surface area (Å²) in [4.78, 5) is 12.1. The van der Waals surface area contributed by atoms with Gasteiger partial charge in [0, 0.05) is 5.56 Å². The molecule has 6 nitrogen and oxygen atoms in total. The Bertz CT molecular complexity index is 487. The largest absolute Gasteiger partial charge is 0.492 e. The quantitative estimate of drug-likeness (QED) is 0.313. The first-order valence-corrected chi connectivity index (χ1v) is 5.63. The molecule has 0 aliphatic carbocycles. The number of carbonyl (C=O) groups excluding carboxylic acids is 1. The molecule has 6 heteroatoms. The Hall–Kier alpha value is -2.24. The SMILES string of the molecule is CC(NC(=O)C1COc2ccccc21)C(N)=NO. The van der Waals surface area contributed by atoms with E-state index in [0.29, 0.717) is 6.61 Å². The molecule has 18 heavy (non-hydrogen) atoms. The Labute approximate surface area is 104 Å². The topological polar surface area (TPSA) is 96.9 Å². The van der Waals surface area contributed by atoms with E-state index in [2.05, 4.69) is 10.5 Å². The fourth-order valence-electron chi connectivity index (χ4n) is 1.85. The highest BCUT2D eigenvalue weighted by atomic mass is 16.5. The number of oxime groups is 1.